The number of carbonyl (C=O) groups excluding carboxylic acids is 3. The van der Waals surface area contributed by atoms with Crippen LogP contribution in [0.2, 0.25) is 0 Å². The first-order chi connectivity index (χ1) is 13.8. The van der Waals surface area contributed by atoms with Crippen LogP contribution in [0.15, 0.2) is 48.5 Å². The molecule has 146 valence electrons. The van der Waals surface area contributed by atoms with E-state index in [0.717, 1.165) is 4.90 Å². The second-order valence-electron chi connectivity index (χ2n) is 6.46. The molecule has 0 radical (unpaired) electrons. The fourth-order valence-corrected chi connectivity index (χ4v) is 2.98. The Labute approximate surface area is 164 Å². The molecule has 1 fully saturated rings. The molecular formula is C19H15N5O5. The van der Waals surface area contributed by atoms with Crippen LogP contribution in [-0.4, -0.2) is 34.2 Å². The average molecular weight is 393 g/mol. The number of hydrogen-bond acceptors (Lipinski definition) is 6. The summed E-state index contributed by atoms with van der Waals surface area (Å²) in [5.74, 6) is -1.32. The van der Waals surface area contributed by atoms with Crippen molar-refractivity contribution >= 4 is 29.2 Å². The number of urea groups is 1. The van der Waals surface area contributed by atoms with Crippen molar-refractivity contribution in [1.82, 2.24) is 10.2 Å². The molecule has 1 aliphatic rings. The summed E-state index contributed by atoms with van der Waals surface area (Å²) in [6.07, 6.45) is 0. The summed E-state index contributed by atoms with van der Waals surface area (Å²) >= 11 is 0. The highest BCUT2D eigenvalue weighted by molar-refractivity contribution is 6.10. The molecule has 1 aliphatic heterocycles. The molecule has 2 aromatic carbocycles. The molecule has 1 heterocycles. The fourth-order valence-electron chi connectivity index (χ4n) is 2.98. The smallest absolute Gasteiger partial charge is 0.323 e. The second kappa shape index (κ2) is 7.40. The van der Waals surface area contributed by atoms with E-state index in [4.69, 9.17) is 5.26 Å². The van der Waals surface area contributed by atoms with E-state index < -0.39 is 34.9 Å². The molecule has 3 rings (SSSR count). The number of rotatable bonds is 5. The van der Waals surface area contributed by atoms with Crippen molar-refractivity contribution in [2.24, 2.45) is 0 Å². The summed E-state index contributed by atoms with van der Waals surface area (Å²) < 4.78 is 0. The maximum atomic E-state index is 12.8. The highest BCUT2D eigenvalue weighted by Crippen LogP contribution is 2.30. The molecule has 2 aromatic rings. The van der Waals surface area contributed by atoms with Crippen molar-refractivity contribution in [2.45, 2.75) is 12.5 Å². The minimum atomic E-state index is -1.46. The van der Waals surface area contributed by atoms with Crippen LogP contribution < -0.4 is 10.6 Å². The molecule has 0 aliphatic carbocycles. The standard InChI is InChI=1S/C19H15N5O5/c1-19(13-6-8-14(9-7-13)24(28)29)17(26)23(18(27)22-19)11-16(25)21-15-5-3-2-4-12(15)10-20/h2-9H,11H2,1H3,(H,21,25)(H,22,27)/t19-/m0/s1. The minimum absolute atomic E-state index is 0.151. The lowest BCUT2D eigenvalue weighted by Gasteiger charge is -2.22. The van der Waals surface area contributed by atoms with Crippen LogP contribution >= 0.6 is 0 Å². The lowest BCUT2D eigenvalue weighted by molar-refractivity contribution is -0.384. The van der Waals surface area contributed by atoms with Gasteiger partial charge in [0.25, 0.3) is 11.6 Å². The van der Waals surface area contributed by atoms with E-state index in [1.54, 1.807) is 12.1 Å². The SMILES string of the molecule is C[C@@]1(c2ccc([N+](=O)[O-])cc2)NC(=O)N(CC(=O)Nc2ccccc2C#N)C1=O. The zero-order valence-electron chi connectivity index (χ0n) is 15.2. The van der Waals surface area contributed by atoms with E-state index in [2.05, 4.69) is 10.6 Å². The lowest BCUT2D eigenvalue weighted by Crippen LogP contribution is -2.42. The molecule has 0 saturated carbocycles. The molecule has 4 amide bonds. The zero-order chi connectivity index (χ0) is 21.2. The Hall–Kier alpha value is -4.26. The van der Waals surface area contributed by atoms with Crippen LogP contribution in [0.4, 0.5) is 16.2 Å². The van der Waals surface area contributed by atoms with Gasteiger partial charge in [-0.15, -0.1) is 0 Å². The van der Waals surface area contributed by atoms with Crippen molar-refractivity contribution in [3.63, 3.8) is 0 Å². The van der Waals surface area contributed by atoms with Gasteiger partial charge in [0, 0.05) is 12.1 Å². The Morgan fingerprint density at radius 2 is 1.90 bits per heavy atom. The van der Waals surface area contributed by atoms with Crippen molar-refractivity contribution in [3.8, 4) is 6.07 Å². The molecule has 0 unspecified atom stereocenters. The molecule has 10 nitrogen and oxygen atoms in total. The number of para-hydroxylation sites is 1. The van der Waals surface area contributed by atoms with Gasteiger partial charge >= 0.3 is 6.03 Å². The highest BCUT2D eigenvalue weighted by atomic mass is 16.6. The van der Waals surface area contributed by atoms with Gasteiger partial charge in [-0.2, -0.15) is 5.26 Å². The maximum Gasteiger partial charge on any atom is 0.325 e. The first-order valence-electron chi connectivity index (χ1n) is 8.44. The number of carbonyl (C=O) groups is 3. The van der Waals surface area contributed by atoms with Crippen LogP contribution in [0.5, 0.6) is 0 Å². The van der Waals surface area contributed by atoms with Gasteiger partial charge in [-0.25, -0.2) is 4.79 Å². The van der Waals surface area contributed by atoms with Gasteiger partial charge in [-0.1, -0.05) is 12.1 Å². The third-order valence-corrected chi connectivity index (χ3v) is 4.55. The summed E-state index contributed by atoms with van der Waals surface area (Å²) in [5, 5.41) is 24.9. The van der Waals surface area contributed by atoms with Gasteiger partial charge < -0.3 is 10.6 Å². The number of nitriles is 1. The average Bonchev–Trinajstić information content (AvgIpc) is 2.92. The van der Waals surface area contributed by atoms with Gasteiger partial charge in [0.05, 0.1) is 16.2 Å². The summed E-state index contributed by atoms with van der Waals surface area (Å²) in [6, 6.07) is 12.7. The number of nitro groups is 1. The predicted molar refractivity (Wildman–Crippen MR) is 100 cm³/mol. The first kappa shape index (κ1) is 19.5. The molecule has 0 aromatic heterocycles. The first-order valence-corrected chi connectivity index (χ1v) is 8.44. The molecule has 29 heavy (non-hydrogen) atoms. The monoisotopic (exact) mass is 393 g/mol. The molecular weight excluding hydrogens is 378 g/mol. The molecule has 0 spiro atoms. The fraction of sp³-hybridized carbons (Fsp3) is 0.158. The van der Waals surface area contributed by atoms with Crippen LogP contribution in [0, 0.1) is 21.4 Å². The van der Waals surface area contributed by atoms with Crippen LogP contribution in [0.25, 0.3) is 0 Å². The van der Waals surface area contributed by atoms with Crippen LogP contribution in [0.3, 0.4) is 0 Å². The van der Waals surface area contributed by atoms with Crippen LogP contribution in [0.1, 0.15) is 18.1 Å². The number of benzene rings is 2. The number of nitrogens with zero attached hydrogens (tertiary/aromatic N) is 3. The molecule has 1 atom stereocenters. The van der Waals surface area contributed by atoms with Gasteiger partial charge in [-0.05, 0) is 36.8 Å². The molecule has 1 saturated heterocycles. The van der Waals surface area contributed by atoms with E-state index in [1.807, 2.05) is 6.07 Å². The van der Waals surface area contributed by atoms with Gasteiger partial charge in [0.2, 0.25) is 5.91 Å². The highest BCUT2D eigenvalue weighted by Gasteiger charge is 2.49. The van der Waals surface area contributed by atoms with E-state index in [0.29, 0.717) is 5.56 Å². The minimum Gasteiger partial charge on any atom is -0.323 e. The van der Waals surface area contributed by atoms with E-state index in [-0.39, 0.29) is 16.9 Å². The Balaban J connectivity index is 1.77. The third kappa shape index (κ3) is 3.61. The normalized spacial score (nSPS) is 18.1. The number of imide groups is 1. The number of anilines is 1. The Morgan fingerprint density at radius 3 is 2.52 bits per heavy atom. The third-order valence-electron chi connectivity index (χ3n) is 4.55. The summed E-state index contributed by atoms with van der Waals surface area (Å²) in [7, 11) is 0. The molecule has 0 bridgehead atoms. The van der Waals surface area contributed by atoms with E-state index in [9.17, 15) is 24.5 Å². The number of non-ortho nitro benzene ring substituents is 1. The molecule has 2 N–H and O–H groups in total. The summed E-state index contributed by atoms with van der Waals surface area (Å²) in [4.78, 5) is 48.5. The number of nitro benzene ring substituents is 1. The van der Waals surface area contributed by atoms with Gasteiger partial charge in [0.1, 0.15) is 18.2 Å². The number of nitrogens with one attached hydrogen (secondary N) is 2. The van der Waals surface area contributed by atoms with E-state index >= 15 is 0 Å². The number of hydrogen-bond donors (Lipinski definition) is 2. The number of amides is 4. The van der Waals surface area contributed by atoms with Gasteiger partial charge in [0.15, 0.2) is 0 Å². The quantitative estimate of drug-likeness (QED) is 0.450. The Morgan fingerprint density at radius 1 is 1.24 bits per heavy atom. The predicted octanol–water partition coefficient (Wildman–Crippen LogP) is 1.87. The van der Waals surface area contributed by atoms with Crippen molar-refractivity contribution < 1.29 is 19.3 Å². The topological polar surface area (TPSA) is 145 Å². The van der Waals surface area contributed by atoms with Crippen molar-refractivity contribution in [1.29, 1.82) is 5.26 Å². The van der Waals surface area contributed by atoms with Crippen molar-refractivity contribution in [3.05, 3.63) is 69.8 Å². The van der Waals surface area contributed by atoms with E-state index in [1.165, 1.54) is 43.3 Å². The summed E-state index contributed by atoms with van der Waals surface area (Å²) in [6.45, 7) is 0.907. The van der Waals surface area contributed by atoms with Gasteiger partial charge in [-0.3, -0.25) is 24.6 Å². The maximum absolute atomic E-state index is 12.8. The second-order valence-corrected chi connectivity index (χ2v) is 6.46. The lowest BCUT2D eigenvalue weighted by atomic mass is 9.92. The Bertz CT molecular complexity index is 1060. The zero-order valence-corrected chi connectivity index (χ0v) is 15.2. The molecule has 10 heteroatoms. The van der Waals surface area contributed by atoms with Crippen LogP contribution in [-0.2, 0) is 15.1 Å². The summed E-state index contributed by atoms with van der Waals surface area (Å²) in [5.41, 5.74) is -0.753. The Kier molecular flexibility index (Phi) is 4.97. The largest absolute Gasteiger partial charge is 0.325 e. The van der Waals surface area contributed by atoms with Crippen molar-refractivity contribution in [2.75, 3.05) is 11.9 Å².